The van der Waals surface area contributed by atoms with Gasteiger partial charge in [-0.3, -0.25) is 0 Å². The first-order valence-electron chi connectivity index (χ1n) is 7.69. The summed E-state index contributed by atoms with van der Waals surface area (Å²) in [5.74, 6) is 1.01. The lowest BCUT2D eigenvalue weighted by Gasteiger charge is -2.33. The Bertz CT molecular complexity index is 404. The van der Waals surface area contributed by atoms with E-state index in [2.05, 4.69) is 65.1 Å². The monoisotopic (exact) mass is 277 g/mol. The summed E-state index contributed by atoms with van der Waals surface area (Å²) in [5, 5.41) is 3.67. The fourth-order valence-electron chi connectivity index (χ4n) is 2.73. The van der Waals surface area contributed by atoms with Crippen molar-refractivity contribution in [2.24, 2.45) is 5.41 Å². The number of rotatable bonds is 7. The minimum absolute atomic E-state index is 0.121. The first-order chi connectivity index (χ1) is 9.23. The van der Waals surface area contributed by atoms with Crippen LogP contribution in [0, 0.1) is 5.41 Å². The van der Waals surface area contributed by atoms with Gasteiger partial charge < -0.3 is 10.1 Å². The van der Waals surface area contributed by atoms with Crippen LogP contribution in [0.15, 0.2) is 24.3 Å². The maximum Gasteiger partial charge on any atom is 0.123 e. The molecule has 2 heteroatoms. The second kappa shape index (κ2) is 7.12. The van der Waals surface area contributed by atoms with Gasteiger partial charge in [-0.1, -0.05) is 45.9 Å². The quantitative estimate of drug-likeness (QED) is 0.774. The second-order valence-corrected chi connectivity index (χ2v) is 7.43. The third-order valence-electron chi connectivity index (χ3n) is 3.16. The summed E-state index contributed by atoms with van der Waals surface area (Å²) < 4.78 is 5.81. The molecular formula is C18H31NO. The summed E-state index contributed by atoms with van der Waals surface area (Å²) in [5.41, 5.74) is 1.69. The number of ether oxygens (including phenoxy) is 1. The topological polar surface area (TPSA) is 21.3 Å². The van der Waals surface area contributed by atoms with Gasteiger partial charge in [0.1, 0.15) is 5.75 Å². The number of hydrogen-bond donors (Lipinski definition) is 1. The van der Waals surface area contributed by atoms with Crippen LogP contribution in [0.4, 0.5) is 0 Å². The average Bonchev–Trinajstić information content (AvgIpc) is 2.32. The molecule has 0 aliphatic rings. The maximum atomic E-state index is 5.81. The lowest BCUT2D eigenvalue weighted by molar-refractivity contribution is 0.239. The summed E-state index contributed by atoms with van der Waals surface area (Å²) in [7, 11) is 0. The number of para-hydroxylation sites is 1. The largest absolute Gasteiger partial charge is 0.493 e. The van der Waals surface area contributed by atoms with E-state index in [4.69, 9.17) is 4.74 Å². The number of hydrogen-bond acceptors (Lipinski definition) is 2. The first kappa shape index (κ1) is 17.0. The highest BCUT2D eigenvalue weighted by Crippen LogP contribution is 2.27. The maximum absolute atomic E-state index is 5.81. The Morgan fingerprint density at radius 2 is 1.70 bits per heavy atom. The Morgan fingerprint density at radius 3 is 2.30 bits per heavy atom. The van der Waals surface area contributed by atoms with E-state index >= 15 is 0 Å². The van der Waals surface area contributed by atoms with E-state index in [0.717, 1.165) is 31.7 Å². The second-order valence-electron chi connectivity index (χ2n) is 7.43. The third kappa shape index (κ3) is 6.42. The van der Waals surface area contributed by atoms with E-state index in [1.165, 1.54) is 5.56 Å². The minimum Gasteiger partial charge on any atom is -0.493 e. The third-order valence-corrected chi connectivity index (χ3v) is 3.16. The van der Waals surface area contributed by atoms with Crippen molar-refractivity contribution in [1.82, 2.24) is 5.32 Å². The van der Waals surface area contributed by atoms with E-state index in [-0.39, 0.29) is 5.54 Å². The van der Waals surface area contributed by atoms with Crippen LogP contribution in [-0.4, -0.2) is 12.1 Å². The summed E-state index contributed by atoms with van der Waals surface area (Å²) in [6.07, 6.45) is 2.18. The SMILES string of the molecule is CCCOc1ccccc1CNC(C)(C)CC(C)(C)C. The fraction of sp³-hybridized carbons (Fsp3) is 0.667. The van der Waals surface area contributed by atoms with Crippen LogP contribution in [-0.2, 0) is 6.54 Å². The van der Waals surface area contributed by atoms with Gasteiger partial charge in [-0.05, 0) is 38.2 Å². The molecule has 0 bridgehead atoms. The van der Waals surface area contributed by atoms with Gasteiger partial charge in [-0.25, -0.2) is 0 Å². The molecule has 0 aliphatic heterocycles. The van der Waals surface area contributed by atoms with Crippen LogP contribution in [0.2, 0.25) is 0 Å². The molecule has 1 rings (SSSR count). The predicted molar refractivity (Wildman–Crippen MR) is 87.2 cm³/mol. The molecule has 0 aromatic heterocycles. The molecule has 1 aromatic rings. The Morgan fingerprint density at radius 1 is 1.05 bits per heavy atom. The Kier molecular flexibility index (Phi) is 6.07. The summed E-state index contributed by atoms with van der Waals surface area (Å²) in [6.45, 7) is 15.2. The Balaban J connectivity index is 2.65. The highest BCUT2D eigenvalue weighted by molar-refractivity contribution is 5.33. The minimum atomic E-state index is 0.121. The molecule has 2 nitrogen and oxygen atoms in total. The van der Waals surface area contributed by atoms with Gasteiger partial charge in [0.05, 0.1) is 6.61 Å². The van der Waals surface area contributed by atoms with Gasteiger partial charge in [0.15, 0.2) is 0 Å². The van der Waals surface area contributed by atoms with Crippen molar-refractivity contribution in [3.63, 3.8) is 0 Å². The molecule has 0 heterocycles. The zero-order valence-corrected chi connectivity index (χ0v) is 14.0. The smallest absolute Gasteiger partial charge is 0.123 e. The van der Waals surface area contributed by atoms with Gasteiger partial charge in [0.25, 0.3) is 0 Å². The zero-order chi connectivity index (χ0) is 15.2. The molecule has 0 amide bonds. The van der Waals surface area contributed by atoms with Gasteiger partial charge >= 0.3 is 0 Å². The van der Waals surface area contributed by atoms with Crippen LogP contribution in [0.25, 0.3) is 0 Å². The van der Waals surface area contributed by atoms with E-state index in [1.54, 1.807) is 0 Å². The van der Waals surface area contributed by atoms with E-state index in [0.29, 0.717) is 5.41 Å². The molecule has 0 saturated heterocycles. The summed E-state index contributed by atoms with van der Waals surface area (Å²) in [6, 6.07) is 8.32. The number of benzene rings is 1. The molecule has 0 spiro atoms. The Hall–Kier alpha value is -1.02. The molecule has 0 radical (unpaired) electrons. The molecule has 0 atom stereocenters. The van der Waals surface area contributed by atoms with Crippen molar-refractivity contribution < 1.29 is 4.74 Å². The van der Waals surface area contributed by atoms with Crippen molar-refractivity contribution in [2.45, 2.75) is 66.5 Å². The van der Waals surface area contributed by atoms with Crippen LogP contribution in [0.3, 0.4) is 0 Å². The molecule has 20 heavy (non-hydrogen) atoms. The highest BCUT2D eigenvalue weighted by atomic mass is 16.5. The van der Waals surface area contributed by atoms with Gasteiger partial charge in [0, 0.05) is 17.6 Å². The van der Waals surface area contributed by atoms with Crippen molar-refractivity contribution in [2.75, 3.05) is 6.61 Å². The normalized spacial score (nSPS) is 12.5. The van der Waals surface area contributed by atoms with Gasteiger partial charge in [-0.15, -0.1) is 0 Å². The van der Waals surface area contributed by atoms with Crippen molar-refractivity contribution in [3.8, 4) is 5.75 Å². The molecule has 0 aliphatic carbocycles. The lowest BCUT2D eigenvalue weighted by Crippen LogP contribution is -2.41. The molecule has 1 aromatic carbocycles. The molecule has 1 N–H and O–H groups in total. The fourth-order valence-corrected chi connectivity index (χ4v) is 2.73. The molecule has 114 valence electrons. The van der Waals surface area contributed by atoms with E-state index in [9.17, 15) is 0 Å². The Labute approximate surface area is 124 Å². The van der Waals surface area contributed by atoms with Gasteiger partial charge in [0.2, 0.25) is 0 Å². The summed E-state index contributed by atoms with van der Waals surface area (Å²) in [4.78, 5) is 0. The predicted octanol–water partition coefficient (Wildman–Crippen LogP) is 4.78. The van der Waals surface area contributed by atoms with Crippen molar-refractivity contribution >= 4 is 0 Å². The van der Waals surface area contributed by atoms with Crippen LogP contribution < -0.4 is 10.1 Å². The average molecular weight is 277 g/mol. The van der Waals surface area contributed by atoms with Crippen LogP contribution >= 0.6 is 0 Å². The molecule has 0 fully saturated rings. The molecule has 0 unspecified atom stereocenters. The molecular weight excluding hydrogens is 246 g/mol. The highest BCUT2D eigenvalue weighted by Gasteiger charge is 2.24. The van der Waals surface area contributed by atoms with Crippen LogP contribution in [0.5, 0.6) is 5.75 Å². The lowest BCUT2D eigenvalue weighted by atomic mass is 9.82. The van der Waals surface area contributed by atoms with Gasteiger partial charge in [-0.2, -0.15) is 0 Å². The van der Waals surface area contributed by atoms with Crippen molar-refractivity contribution in [1.29, 1.82) is 0 Å². The summed E-state index contributed by atoms with van der Waals surface area (Å²) >= 11 is 0. The van der Waals surface area contributed by atoms with E-state index < -0.39 is 0 Å². The zero-order valence-electron chi connectivity index (χ0n) is 14.0. The molecule has 0 saturated carbocycles. The standard InChI is InChI=1S/C18H31NO/c1-7-12-20-16-11-9-8-10-15(16)13-19-18(5,6)14-17(2,3)4/h8-11,19H,7,12-14H2,1-6H3. The van der Waals surface area contributed by atoms with Crippen LogP contribution in [0.1, 0.15) is 59.9 Å². The van der Waals surface area contributed by atoms with Crippen molar-refractivity contribution in [3.05, 3.63) is 29.8 Å². The number of nitrogens with one attached hydrogen (secondary N) is 1. The first-order valence-corrected chi connectivity index (χ1v) is 7.69. The van der Waals surface area contributed by atoms with E-state index in [1.807, 2.05) is 6.07 Å².